The average Bonchev–Trinajstić information content (AvgIpc) is 3.49. The van der Waals surface area contributed by atoms with Crippen molar-refractivity contribution in [3.8, 4) is 16.9 Å². The fourth-order valence-electron chi connectivity index (χ4n) is 3.48. The van der Waals surface area contributed by atoms with E-state index in [1.165, 1.54) is 23.1 Å². The van der Waals surface area contributed by atoms with E-state index >= 15 is 0 Å². The minimum atomic E-state index is -1.06. The molecule has 4 aromatic rings. The van der Waals surface area contributed by atoms with E-state index in [0.717, 1.165) is 16.8 Å². The summed E-state index contributed by atoms with van der Waals surface area (Å²) < 4.78 is 6.53. The summed E-state index contributed by atoms with van der Waals surface area (Å²) in [6.45, 7) is 0. The third kappa shape index (κ3) is 2.89. The number of aromatic amines is 1. The van der Waals surface area contributed by atoms with Crippen molar-refractivity contribution in [1.82, 2.24) is 9.78 Å². The van der Waals surface area contributed by atoms with Gasteiger partial charge < -0.3 is 9.52 Å². The molecule has 0 aliphatic carbocycles. The molecule has 3 heterocycles. The number of allylic oxidation sites excluding steroid dienone is 1. The number of para-hydroxylation sites is 1. The van der Waals surface area contributed by atoms with E-state index in [1.807, 2.05) is 24.3 Å². The molecule has 0 saturated heterocycles. The lowest BCUT2D eigenvalue weighted by Crippen LogP contribution is -2.16. The molecule has 2 aromatic heterocycles. The van der Waals surface area contributed by atoms with Crippen LogP contribution >= 0.6 is 0 Å². The summed E-state index contributed by atoms with van der Waals surface area (Å²) in [5.41, 5.74) is 4.52. The standard InChI is InChI=1S/C23H15N3O4/c27-22-19(11-16-12-24-20-7-2-1-6-18(16)20)21(15-8-9-30-13-15)25-26(22)17-5-3-4-14(10-17)23(28)29/h1-13,25H,(H,28,29). The molecule has 0 saturated carbocycles. The van der Waals surface area contributed by atoms with Crippen molar-refractivity contribution in [2.24, 2.45) is 4.99 Å². The molecule has 0 spiro atoms. The summed E-state index contributed by atoms with van der Waals surface area (Å²) in [5.74, 6) is -1.06. The Bertz CT molecular complexity index is 1390. The third-order valence-corrected chi connectivity index (χ3v) is 4.95. The van der Waals surface area contributed by atoms with Crippen LogP contribution in [0.1, 0.15) is 21.5 Å². The second kappa shape index (κ2) is 6.89. The molecule has 0 radical (unpaired) electrons. The first kappa shape index (κ1) is 17.7. The summed E-state index contributed by atoms with van der Waals surface area (Å²) >= 11 is 0. The highest BCUT2D eigenvalue weighted by atomic mass is 16.4. The van der Waals surface area contributed by atoms with E-state index in [9.17, 15) is 14.7 Å². The second-order valence-corrected chi connectivity index (χ2v) is 6.78. The van der Waals surface area contributed by atoms with Crippen LogP contribution in [0.5, 0.6) is 0 Å². The second-order valence-electron chi connectivity index (χ2n) is 6.78. The Labute approximate surface area is 170 Å². The first-order valence-electron chi connectivity index (χ1n) is 9.18. The predicted octanol–water partition coefficient (Wildman–Crippen LogP) is 4.38. The molecule has 7 nitrogen and oxygen atoms in total. The van der Waals surface area contributed by atoms with Crippen molar-refractivity contribution in [2.45, 2.75) is 0 Å². The molecule has 2 aromatic carbocycles. The number of carboxylic acids is 1. The van der Waals surface area contributed by atoms with E-state index in [1.54, 1.807) is 36.8 Å². The number of furan rings is 1. The number of nitrogens with one attached hydrogen (secondary N) is 1. The number of carboxylic acid groups (broad SMARTS) is 1. The summed E-state index contributed by atoms with van der Waals surface area (Å²) in [6.07, 6.45) is 6.58. The Balaban J connectivity index is 1.71. The van der Waals surface area contributed by atoms with Gasteiger partial charge in [0.05, 0.1) is 40.7 Å². The highest BCUT2D eigenvalue weighted by Crippen LogP contribution is 2.33. The van der Waals surface area contributed by atoms with Gasteiger partial charge in [0.15, 0.2) is 0 Å². The molecule has 0 atom stereocenters. The van der Waals surface area contributed by atoms with Crippen molar-refractivity contribution >= 4 is 29.5 Å². The predicted molar refractivity (Wildman–Crippen MR) is 114 cm³/mol. The molecular formula is C23H15N3O4. The van der Waals surface area contributed by atoms with Gasteiger partial charge in [-0.1, -0.05) is 24.3 Å². The van der Waals surface area contributed by atoms with Gasteiger partial charge in [0, 0.05) is 22.9 Å². The van der Waals surface area contributed by atoms with Crippen molar-refractivity contribution < 1.29 is 14.3 Å². The quantitative estimate of drug-likeness (QED) is 0.534. The lowest BCUT2D eigenvalue weighted by Gasteiger charge is -2.03. The number of aromatic nitrogens is 2. The number of benzene rings is 2. The smallest absolute Gasteiger partial charge is 0.335 e. The Morgan fingerprint density at radius 1 is 1.13 bits per heavy atom. The van der Waals surface area contributed by atoms with Crippen LogP contribution in [0, 0.1) is 0 Å². The van der Waals surface area contributed by atoms with Gasteiger partial charge in [0.2, 0.25) is 0 Å². The number of hydrogen-bond acceptors (Lipinski definition) is 4. The normalized spacial score (nSPS) is 13.7. The minimum absolute atomic E-state index is 0.0932. The SMILES string of the molecule is O=C(O)c1cccc(-n2[nH]c(-c3ccoc3)c(C=C3C=Nc4ccccc43)c2=O)c1. The maximum Gasteiger partial charge on any atom is 0.335 e. The molecule has 0 bridgehead atoms. The lowest BCUT2D eigenvalue weighted by atomic mass is 10.0. The molecular weight excluding hydrogens is 382 g/mol. The third-order valence-electron chi connectivity index (χ3n) is 4.95. The van der Waals surface area contributed by atoms with E-state index in [2.05, 4.69) is 10.1 Å². The maximum atomic E-state index is 13.3. The van der Waals surface area contributed by atoms with Gasteiger partial charge in [0.25, 0.3) is 5.56 Å². The van der Waals surface area contributed by atoms with Crippen LogP contribution < -0.4 is 5.56 Å². The van der Waals surface area contributed by atoms with Crippen molar-refractivity contribution in [1.29, 1.82) is 0 Å². The van der Waals surface area contributed by atoms with Gasteiger partial charge in [0.1, 0.15) is 0 Å². The van der Waals surface area contributed by atoms with Gasteiger partial charge in [-0.15, -0.1) is 0 Å². The summed E-state index contributed by atoms with van der Waals surface area (Å²) in [5, 5.41) is 12.4. The number of aromatic carboxylic acids is 1. The van der Waals surface area contributed by atoms with Crippen LogP contribution in [-0.4, -0.2) is 27.1 Å². The molecule has 0 fully saturated rings. The summed E-state index contributed by atoms with van der Waals surface area (Å²) in [6, 6.07) is 15.6. The van der Waals surface area contributed by atoms with Crippen LogP contribution in [0.25, 0.3) is 28.6 Å². The van der Waals surface area contributed by atoms with Crippen molar-refractivity contribution in [3.05, 3.63) is 94.2 Å². The molecule has 2 N–H and O–H groups in total. The Morgan fingerprint density at radius 3 is 2.80 bits per heavy atom. The highest BCUT2D eigenvalue weighted by molar-refractivity contribution is 6.21. The van der Waals surface area contributed by atoms with E-state index in [4.69, 9.17) is 4.42 Å². The first-order chi connectivity index (χ1) is 14.6. The number of carbonyl (C=O) groups is 1. The molecule has 0 amide bonds. The first-order valence-corrected chi connectivity index (χ1v) is 9.18. The number of rotatable bonds is 4. The minimum Gasteiger partial charge on any atom is -0.478 e. The average molecular weight is 397 g/mol. The molecule has 5 rings (SSSR count). The van der Waals surface area contributed by atoms with Crippen molar-refractivity contribution in [2.75, 3.05) is 0 Å². The number of H-pyrrole nitrogens is 1. The zero-order valence-electron chi connectivity index (χ0n) is 15.6. The van der Waals surface area contributed by atoms with Gasteiger partial charge in [-0.25, -0.2) is 9.48 Å². The highest BCUT2D eigenvalue weighted by Gasteiger charge is 2.19. The van der Waals surface area contributed by atoms with E-state index in [0.29, 0.717) is 22.5 Å². The van der Waals surface area contributed by atoms with Gasteiger partial charge >= 0.3 is 5.97 Å². The molecule has 1 aliphatic heterocycles. The zero-order valence-corrected chi connectivity index (χ0v) is 15.6. The number of hydrogen-bond donors (Lipinski definition) is 2. The zero-order chi connectivity index (χ0) is 20.7. The Morgan fingerprint density at radius 2 is 2.00 bits per heavy atom. The molecule has 1 aliphatic rings. The number of fused-ring (bicyclic) bond motifs is 1. The topological polar surface area (TPSA) is 101 Å². The molecule has 30 heavy (non-hydrogen) atoms. The van der Waals surface area contributed by atoms with Crippen LogP contribution in [0.2, 0.25) is 0 Å². The monoisotopic (exact) mass is 397 g/mol. The Kier molecular flexibility index (Phi) is 4.07. The van der Waals surface area contributed by atoms with Crippen LogP contribution in [0.3, 0.4) is 0 Å². The van der Waals surface area contributed by atoms with Crippen LogP contribution in [0.4, 0.5) is 5.69 Å². The summed E-state index contributed by atoms with van der Waals surface area (Å²) in [7, 11) is 0. The lowest BCUT2D eigenvalue weighted by molar-refractivity contribution is 0.0697. The van der Waals surface area contributed by atoms with E-state index < -0.39 is 5.97 Å². The molecule has 0 unspecified atom stereocenters. The fraction of sp³-hybridized carbons (Fsp3) is 0. The summed E-state index contributed by atoms with van der Waals surface area (Å²) in [4.78, 5) is 29.1. The van der Waals surface area contributed by atoms with Gasteiger partial charge in [-0.2, -0.15) is 0 Å². The van der Waals surface area contributed by atoms with Gasteiger partial charge in [-0.3, -0.25) is 14.9 Å². The van der Waals surface area contributed by atoms with E-state index in [-0.39, 0.29) is 11.1 Å². The van der Waals surface area contributed by atoms with Crippen LogP contribution in [0.15, 0.2) is 81.3 Å². The number of nitrogens with zero attached hydrogens (tertiary/aromatic N) is 2. The van der Waals surface area contributed by atoms with Gasteiger partial charge in [-0.05, 0) is 36.4 Å². The molecule has 146 valence electrons. The fourth-order valence-corrected chi connectivity index (χ4v) is 3.48. The van der Waals surface area contributed by atoms with Crippen molar-refractivity contribution in [3.63, 3.8) is 0 Å². The number of aliphatic imine (C=N–C) groups is 1. The maximum absolute atomic E-state index is 13.3. The Hall–Kier alpha value is -4.39. The van der Waals surface area contributed by atoms with Crippen LogP contribution in [-0.2, 0) is 0 Å². The molecule has 7 heteroatoms. The largest absolute Gasteiger partial charge is 0.478 e.